The molecule has 3 aromatic rings. The Kier molecular flexibility index (Phi) is 5.56. The van der Waals surface area contributed by atoms with Crippen LogP contribution in [0.15, 0.2) is 41.2 Å². The maximum atomic E-state index is 12.6. The van der Waals surface area contributed by atoms with Crippen molar-refractivity contribution < 1.29 is 5.11 Å². The van der Waals surface area contributed by atoms with Gasteiger partial charge in [-0.1, -0.05) is 19.1 Å². The first-order valence-electron chi connectivity index (χ1n) is 10.4. The van der Waals surface area contributed by atoms with Gasteiger partial charge in [-0.25, -0.2) is 0 Å². The van der Waals surface area contributed by atoms with Gasteiger partial charge in [-0.05, 0) is 37.2 Å². The molecule has 2 aromatic carbocycles. The van der Waals surface area contributed by atoms with E-state index < -0.39 is 0 Å². The Morgan fingerprint density at radius 3 is 2.45 bits per heavy atom. The van der Waals surface area contributed by atoms with E-state index in [9.17, 15) is 9.90 Å². The summed E-state index contributed by atoms with van der Waals surface area (Å²) in [5, 5.41) is 24.2. The lowest BCUT2D eigenvalue weighted by molar-refractivity contribution is 0.313. The van der Waals surface area contributed by atoms with E-state index in [1.807, 2.05) is 31.2 Å². The topological polar surface area (TPSA) is 125 Å². The summed E-state index contributed by atoms with van der Waals surface area (Å²) in [6.07, 6.45) is 0.513. The van der Waals surface area contributed by atoms with Crippen LogP contribution in [0, 0.1) is 5.41 Å². The number of H-pyrrole nitrogens is 2. The number of benzene rings is 2. The van der Waals surface area contributed by atoms with Crippen molar-refractivity contribution >= 4 is 17.1 Å². The van der Waals surface area contributed by atoms with Crippen molar-refractivity contribution in [2.24, 2.45) is 0 Å². The molecule has 1 aromatic heterocycles. The molecule has 31 heavy (non-hydrogen) atoms. The largest absolute Gasteiger partial charge is 0.507 e. The van der Waals surface area contributed by atoms with E-state index >= 15 is 0 Å². The zero-order chi connectivity index (χ0) is 22.1. The van der Waals surface area contributed by atoms with Gasteiger partial charge in [0, 0.05) is 60.5 Å². The van der Waals surface area contributed by atoms with Crippen LogP contribution < -0.4 is 16.2 Å². The highest BCUT2D eigenvalue weighted by Gasteiger charge is 2.20. The van der Waals surface area contributed by atoms with Gasteiger partial charge < -0.3 is 26.0 Å². The number of anilines is 2. The molecule has 0 atom stereocenters. The molecule has 2 heterocycles. The van der Waals surface area contributed by atoms with Crippen LogP contribution in [0.3, 0.4) is 0 Å². The molecule has 1 saturated heterocycles. The molecule has 8 heteroatoms. The Morgan fingerprint density at radius 1 is 1.13 bits per heavy atom. The summed E-state index contributed by atoms with van der Waals surface area (Å²) in [5.41, 5.74) is 10.2. The summed E-state index contributed by atoms with van der Waals surface area (Å²) in [7, 11) is 2.13. The van der Waals surface area contributed by atoms with Crippen LogP contribution in [-0.2, 0) is 0 Å². The summed E-state index contributed by atoms with van der Waals surface area (Å²) >= 11 is 0. The molecule has 0 spiro atoms. The Hall–Kier alpha value is -3.52. The maximum Gasteiger partial charge on any atom is 0.272 e. The molecule has 0 bridgehead atoms. The number of phenolic OH excluding ortho intramolecular Hbond substituents is 1. The van der Waals surface area contributed by atoms with E-state index in [-0.39, 0.29) is 11.3 Å². The number of nitrogens with one attached hydrogen (secondary N) is 3. The van der Waals surface area contributed by atoms with Crippen LogP contribution in [0.4, 0.5) is 11.4 Å². The first kappa shape index (κ1) is 20.7. The summed E-state index contributed by atoms with van der Waals surface area (Å²) in [6, 6.07) is 11.0. The fourth-order valence-corrected chi connectivity index (χ4v) is 4.00. The van der Waals surface area contributed by atoms with Gasteiger partial charge in [-0.2, -0.15) is 0 Å². The van der Waals surface area contributed by atoms with E-state index in [1.165, 1.54) is 6.07 Å². The van der Waals surface area contributed by atoms with Crippen LogP contribution >= 0.6 is 0 Å². The molecular formula is C23H28N6O2. The molecule has 0 saturated carbocycles. The highest BCUT2D eigenvalue weighted by molar-refractivity contribution is 6.04. The van der Waals surface area contributed by atoms with Gasteiger partial charge in [-0.3, -0.25) is 15.0 Å². The lowest BCUT2D eigenvalue weighted by Gasteiger charge is -2.34. The average Bonchev–Trinajstić information content (AvgIpc) is 3.15. The van der Waals surface area contributed by atoms with Crippen LogP contribution in [-0.4, -0.2) is 59.1 Å². The number of aromatic hydroxyl groups is 1. The Labute approximate surface area is 180 Å². The van der Waals surface area contributed by atoms with Crippen LogP contribution in [0.5, 0.6) is 5.75 Å². The third kappa shape index (κ3) is 3.94. The first-order chi connectivity index (χ1) is 14.9. The van der Waals surface area contributed by atoms with E-state index in [4.69, 9.17) is 11.1 Å². The lowest BCUT2D eigenvalue weighted by Crippen LogP contribution is -2.44. The predicted octanol–water partition coefficient (Wildman–Crippen LogP) is 2.85. The molecule has 1 aliphatic heterocycles. The third-order valence-corrected chi connectivity index (χ3v) is 5.92. The predicted molar refractivity (Wildman–Crippen MR) is 125 cm³/mol. The summed E-state index contributed by atoms with van der Waals surface area (Å²) < 4.78 is 0. The molecule has 6 N–H and O–H groups in total. The van der Waals surface area contributed by atoms with Crippen LogP contribution in [0.2, 0.25) is 0 Å². The number of aromatic nitrogens is 2. The van der Waals surface area contributed by atoms with Gasteiger partial charge in [-0.15, -0.1) is 0 Å². The van der Waals surface area contributed by atoms with Crippen molar-refractivity contribution in [1.29, 1.82) is 5.41 Å². The Balaban J connectivity index is 1.72. The van der Waals surface area contributed by atoms with Crippen molar-refractivity contribution in [2.75, 3.05) is 43.9 Å². The molecule has 0 radical (unpaired) electrons. The minimum absolute atomic E-state index is 0.0456. The summed E-state index contributed by atoms with van der Waals surface area (Å²) in [4.78, 5) is 17.3. The number of piperazine rings is 1. The fraction of sp³-hybridized carbons (Fsp3) is 0.304. The van der Waals surface area contributed by atoms with Gasteiger partial charge in [0.25, 0.3) is 5.56 Å². The van der Waals surface area contributed by atoms with E-state index in [0.717, 1.165) is 37.4 Å². The lowest BCUT2D eigenvalue weighted by atomic mass is 9.96. The molecular weight excluding hydrogens is 392 g/mol. The molecule has 1 aliphatic rings. The number of hydrogen-bond acceptors (Lipinski definition) is 6. The second kappa shape index (κ2) is 8.31. The highest BCUT2D eigenvalue weighted by Crippen LogP contribution is 2.37. The van der Waals surface area contributed by atoms with Gasteiger partial charge >= 0.3 is 0 Å². The molecule has 0 unspecified atom stereocenters. The monoisotopic (exact) mass is 420 g/mol. The zero-order valence-electron chi connectivity index (χ0n) is 17.8. The number of nitrogen functional groups attached to an aromatic ring is 1. The van der Waals surface area contributed by atoms with Gasteiger partial charge in [0.05, 0.1) is 11.3 Å². The summed E-state index contributed by atoms with van der Waals surface area (Å²) in [5.74, 6) is -0.0456. The zero-order valence-corrected chi connectivity index (χ0v) is 17.8. The van der Waals surface area contributed by atoms with Crippen LogP contribution in [0.1, 0.15) is 18.9 Å². The van der Waals surface area contributed by atoms with Crippen molar-refractivity contribution in [1.82, 2.24) is 15.1 Å². The number of nitrogens with zero attached hydrogens (tertiary/aromatic N) is 2. The second-order valence-electron chi connectivity index (χ2n) is 7.96. The molecule has 0 amide bonds. The number of likely N-dealkylation sites (N-methyl/N-ethyl adjacent to an activating group) is 1. The quantitative estimate of drug-likeness (QED) is 0.321. The third-order valence-electron chi connectivity index (χ3n) is 5.92. The van der Waals surface area contributed by atoms with Crippen LogP contribution in [0.25, 0.3) is 22.4 Å². The summed E-state index contributed by atoms with van der Waals surface area (Å²) in [6.45, 7) is 5.86. The number of rotatable bonds is 5. The average molecular weight is 421 g/mol. The SMILES string of the molecule is CCC(=N)c1cc(-c2[nH][nH]c(=O)c2-c2ccc(N3CCN(C)CC3)cc2)c(O)cc1N. The molecule has 4 rings (SSSR count). The van der Waals surface area contributed by atoms with E-state index in [1.54, 1.807) is 6.07 Å². The Morgan fingerprint density at radius 2 is 1.81 bits per heavy atom. The molecule has 162 valence electrons. The van der Waals surface area contributed by atoms with E-state index in [0.29, 0.717) is 40.2 Å². The number of nitrogens with two attached hydrogens (primary N) is 1. The maximum absolute atomic E-state index is 12.6. The first-order valence-corrected chi connectivity index (χ1v) is 10.4. The fourth-order valence-electron chi connectivity index (χ4n) is 4.00. The van der Waals surface area contributed by atoms with Gasteiger partial charge in [0.15, 0.2) is 0 Å². The molecule has 1 fully saturated rings. The number of aromatic amines is 2. The Bertz CT molecular complexity index is 1150. The second-order valence-corrected chi connectivity index (χ2v) is 7.96. The normalized spacial score (nSPS) is 14.7. The van der Waals surface area contributed by atoms with Crippen molar-refractivity contribution in [3.05, 3.63) is 52.3 Å². The minimum atomic E-state index is -0.273. The number of hydrogen-bond donors (Lipinski definition) is 5. The molecule has 8 nitrogen and oxygen atoms in total. The number of phenols is 1. The minimum Gasteiger partial charge on any atom is -0.507 e. The van der Waals surface area contributed by atoms with Gasteiger partial charge in [0.1, 0.15) is 5.75 Å². The standard InChI is InChI=1S/C23H28N6O2/c1-3-18(24)16-12-17(20(30)13-19(16)25)22-21(23(31)27-26-22)14-4-6-15(7-5-14)29-10-8-28(2)9-11-29/h4-7,12-13,24,30H,3,8-11,25H2,1-2H3,(H2,26,27,31). The van der Waals surface area contributed by atoms with E-state index in [2.05, 4.69) is 27.0 Å². The van der Waals surface area contributed by atoms with Crippen molar-refractivity contribution in [3.63, 3.8) is 0 Å². The van der Waals surface area contributed by atoms with Gasteiger partial charge in [0.2, 0.25) is 0 Å². The molecule has 0 aliphatic carbocycles. The highest BCUT2D eigenvalue weighted by atomic mass is 16.3. The van der Waals surface area contributed by atoms with Crippen molar-refractivity contribution in [2.45, 2.75) is 13.3 Å². The smallest absolute Gasteiger partial charge is 0.272 e. The van der Waals surface area contributed by atoms with Crippen molar-refractivity contribution in [3.8, 4) is 28.1 Å².